The Hall–Kier alpha value is -3.61. The zero-order chi connectivity index (χ0) is 28.2. The van der Waals surface area contributed by atoms with E-state index in [0.717, 1.165) is 25.9 Å². The number of nitrogens with one attached hydrogen (secondary N) is 2. The summed E-state index contributed by atoms with van der Waals surface area (Å²) in [5.74, 6) is -2.19. The molecule has 208 valence electrons. The van der Waals surface area contributed by atoms with Gasteiger partial charge >= 0.3 is 0 Å². The first kappa shape index (κ1) is 28.4. The van der Waals surface area contributed by atoms with Crippen LogP contribution in [0, 0.1) is 5.82 Å². The Morgan fingerprint density at radius 2 is 1.72 bits per heavy atom. The minimum absolute atomic E-state index is 0.00482. The third-order valence-corrected chi connectivity index (χ3v) is 8.30. The molecule has 10 nitrogen and oxygen atoms in total. The highest BCUT2D eigenvalue weighted by Crippen LogP contribution is 2.21. The molecule has 4 rings (SSSR count). The van der Waals surface area contributed by atoms with Crippen LogP contribution in [0.15, 0.2) is 59.5 Å². The van der Waals surface area contributed by atoms with Gasteiger partial charge in [0.1, 0.15) is 17.3 Å². The van der Waals surface area contributed by atoms with Gasteiger partial charge in [0.2, 0.25) is 0 Å². The number of nitrogens with zero attached hydrogens (tertiary/aromatic N) is 3. The fourth-order valence-corrected chi connectivity index (χ4v) is 5.42. The Morgan fingerprint density at radius 3 is 2.36 bits per heavy atom. The quantitative estimate of drug-likeness (QED) is 0.388. The van der Waals surface area contributed by atoms with E-state index in [4.69, 9.17) is 4.84 Å². The van der Waals surface area contributed by atoms with Crippen LogP contribution in [-0.4, -0.2) is 66.9 Å². The number of sulfone groups is 1. The summed E-state index contributed by atoms with van der Waals surface area (Å²) in [6, 6.07) is 13.0. The lowest BCUT2D eigenvalue weighted by Crippen LogP contribution is -2.39. The molecule has 0 unspecified atom stereocenters. The maximum atomic E-state index is 13.2. The molecule has 12 heteroatoms. The lowest BCUT2D eigenvalue weighted by Gasteiger charge is -2.28. The molecular formula is C27H32FN5O5S. The average Bonchev–Trinajstić information content (AvgIpc) is 3.30. The number of hydrogen-bond acceptors (Lipinski definition) is 7. The van der Waals surface area contributed by atoms with E-state index >= 15 is 0 Å². The fraction of sp³-hybridized carbons (Fsp3) is 0.370. The van der Waals surface area contributed by atoms with Gasteiger partial charge in [-0.3, -0.25) is 19.1 Å². The van der Waals surface area contributed by atoms with Gasteiger partial charge in [0.05, 0.1) is 22.7 Å². The summed E-state index contributed by atoms with van der Waals surface area (Å²) in [6.07, 6.45) is 1.38. The first-order chi connectivity index (χ1) is 18.5. The smallest absolute Gasteiger partial charge is 0.270 e. The number of benzene rings is 2. The van der Waals surface area contributed by atoms with Crippen LogP contribution in [0.3, 0.4) is 0 Å². The molecule has 0 radical (unpaired) electrons. The van der Waals surface area contributed by atoms with Crippen molar-refractivity contribution in [2.24, 2.45) is 7.05 Å². The standard InChI is InChI=1S/C27H32FN5O5S/c1-18(29-27(35)25-16-24(30-33(25)3)20-4-8-21(28)9-5-20)19-6-10-23(11-7-19)39(36,37)17-26(34)31-38-22-12-14-32(2)15-13-22/h4-11,16,18,22H,12-15,17H2,1-3H3,(H,29,35)(H,31,34)/t18-/m1/s1. The van der Waals surface area contributed by atoms with Crippen molar-refractivity contribution in [3.05, 3.63) is 71.7 Å². The van der Waals surface area contributed by atoms with E-state index in [1.807, 2.05) is 7.05 Å². The number of piperidine rings is 1. The largest absolute Gasteiger partial charge is 0.344 e. The lowest BCUT2D eigenvalue weighted by atomic mass is 10.1. The van der Waals surface area contributed by atoms with E-state index in [1.54, 1.807) is 44.3 Å². The molecular weight excluding hydrogens is 525 g/mol. The molecule has 1 atom stereocenters. The summed E-state index contributed by atoms with van der Waals surface area (Å²) in [5, 5.41) is 7.22. The van der Waals surface area contributed by atoms with Crippen LogP contribution in [0.25, 0.3) is 11.3 Å². The Balaban J connectivity index is 1.33. The third-order valence-electron chi connectivity index (χ3n) is 6.67. The van der Waals surface area contributed by atoms with Crippen molar-refractivity contribution >= 4 is 21.7 Å². The van der Waals surface area contributed by atoms with Crippen molar-refractivity contribution in [1.82, 2.24) is 25.5 Å². The minimum atomic E-state index is -3.88. The molecule has 1 aromatic heterocycles. The SMILES string of the molecule is C[C@@H](NC(=O)c1cc(-c2ccc(F)cc2)nn1C)c1ccc(S(=O)(=O)CC(=O)NOC2CCN(C)CC2)cc1. The molecule has 0 saturated carbocycles. The number of rotatable bonds is 9. The number of amides is 2. The van der Waals surface area contributed by atoms with Crippen molar-refractivity contribution in [1.29, 1.82) is 0 Å². The van der Waals surface area contributed by atoms with Gasteiger partial charge < -0.3 is 10.2 Å². The summed E-state index contributed by atoms with van der Waals surface area (Å²) in [4.78, 5) is 32.7. The number of carbonyl (C=O) groups is 2. The predicted molar refractivity (Wildman–Crippen MR) is 143 cm³/mol. The predicted octanol–water partition coefficient (Wildman–Crippen LogP) is 2.63. The number of aromatic nitrogens is 2. The van der Waals surface area contributed by atoms with Crippen LogP contribution < -0.4 is 10.8 Å². The van der Waals surface area contributed by atoms with Crippen LogP contribution in [0.1, 0.15) is 41.9 Å². The van der Waals surface area contributed by atoms with Gasteiger partial charge in [-0.2, -0.15) is 5.10 Å². The van der Waals surface area contributed by atoms with E-state index in [9.17, 15) is 22.4 Å². The highest BCUT2D eigenvalue weighted by Gasteiger charge is 2.23. The topological polar surface area (TPSA) is 123 Å². The van der Waals surface area contributed by atoms with E-state index in [1.165, 1.54) is 28.9 Å². The Bertz CT molecular complexity index is 1420. The first-order valence-corrected chi connectivity index (χ1v) is 14.2. The highest BCUT2D eigenvalue weighted by atomic mass is 32.2. The Morgan fingerprint density at radius 1 is 1.08 bits per heavy atom. The maximum Gasteiger partial charge on any atom is 0.270 e. The van der Waals surface area contributed by atoms with E-state index in [2.05, 4.69) is 20.8 Å². The monoisotopic (exact) mass is 557 g/mol. The summed E-state index contributed by atoms with van der Waals surface area (Å²) in [6.45, 7) is 3.47. The van der Waals surface area contributed by atoms with Gasteiger partial charge in [0, 0.05) is 25.7 Å². The average molecular weight is 558 g/mol. The molecule has 1 fully saturated rings. The van der Waals surface area contributed by atoms with E-state index in [-0.39, 0.29) is 22.7 Å². The summed E-state index contributed by atoms with van der Waals surface area (Å²) in [5.41, 5.74) is 4.48. The Labute approximate surface area is 227 Å². The number of halogens is 1. The second-order valence-corrected chi connectivity index (χ2v) is 11.7. The number of hydrogen-bond donors (Lipinski definition) is 2. The van der Waals surface area contributed by atoms with Gasteiger partial charge in [-0.05, 0) is 74.8 Å². The molecule has 39 heavy (non-hydrogen) atoms. The van der Waals surface area contributed by atoms with Gasteiger partial charge in [0.25, 0.3) is 11.8 Å². The number of hydroxylamine groups is 1. The van der Waals surface area contributed by atoms with Crippen LogP contribution in [-0.2, 0) is 26.5 Å². The van der Waals surface area contributed by atoms with Gasteiger partial charge in [-0.25, -0.2) is 18.3 Å². The molecule has 2 amide bonds. The highest BCUT2D eigenvalue weighted by molar-refractivity contribution is 7.92. The molecule has 0 bridgehead atoms. The molecule has 1 aliphatic heterocycles. The summed E-state index contributed by atoms with van der Waals surface area (Å²) >= 11 is 0. The minimum Gasteiger partial charge on any atom is -0.344 e. The lowest BCUT2D eigenvalue weighted by molar-refractivity contribution is -0.138. The first-order valence-electron chi connectivity index (χ1n) is 12.6. The molecule has 2 N–H and O–H groups in total. The van der Waals surface area contributed by atoms with Gasteiger partial charge in [-0.1, -0.05) is 12.1 Å². The van der Waals surface area contributed by atoms with Gasteiger partial charge in [-0.15, -0.1) is 0 Å². The normalized spacial score (nSPS) is 15.6. The fourth-order valence-electron chi connectivity index (χ4n) is 4.30. The van der Waals surface area contributed by atoms with Crippen molar-refractivity contribution in [2.45, 2.75) is 36.8 Å². The van der Waals surface area contributed by atoms with Crippen LogP contribution >= 0.6 is 0 Å². The summed E-state index contributed by atoms with van der Waals surface area (Å²) in [7, 11) is -0.236. The number of aryl methyl sites for hydroxylation is 1. The molecule has 0 aliphatic carbocycles. The van der Waals surface area contributed by atoms with Crippen LogP contribution in [0.4, 0.5) is 4.39 Å². The summed E-state index contributed by atoms with van der Waals surface area (Å²) < 4.78 is 40.1. The molecule has 0 spiro atoms. The maximum absolute atomic E-state index is 13.2. The third kappa shape index (κ3) is 7.28. The number of carbonyl (C=O) groups excluding carboxylic acids is 2. The van der Waals surface area contributed by atoms with Crippen LogP contribution in [0.5, 0.6) is 0 Å². The van der Waals surface area contributed by atoms with Crippen molar-refractivity contribution in [3.8, 4) is 11.3 Å². The number of likely N-dealkylation sites (tertiary alicyclic amines) is 1. The second-order valence-electron chi connectivity index (χ2n) is 9.71. The van der Waals surface area contributed by atoms with Crippen molar-refractivity contribution < 1.29 is 27.2 Å². The zero-order valence-electron chi connectivity index (χ0n) is 22.1. The van der Waals surface area contributed by atoms with E-state index < -0.39 is 27.5 Å². The van der Waals surface area contributed by atoms with Crippen molar-refractivity contribution in [3.63, 3.8) is 0 Å². The Kier molecular flexibility index (Phi) is 8.78. The van der Waals surface area contributed by atoms with E-state index in [0.29, 0.717) is 22.5 Å². The zero-order valence-corrected chi connectivity index (χ0v) is 22.9. The van der Waals surface area contributed by atoms with Gasteiger partial charge in [0.15, 0.2) is 9.84 Å². The molecule has 1 saturated heterocycles. The van der Waals surface area contributed by atoms with Crippen LogP contribution in [0.2, 0.25) is 0 Å². The van der Waals surface area contributed by atoms with Crippen molar-refractivity contribution in [2.75, 3.05) is 25.9 Å². The molecule has 1 aliphatic rings. The molecule has 3 aromatic rings. The molecule has 2 aromatic carbocycles. The second kappa shape index (κ2) is 12.1. The molecule has 2 heterocycles.